The van der Waals surface area contributed by atoms with Crippen LogP contribution in [0.5, 0.6) is 0 Å². The second-order valence-corrected chi connectivity index (χ2v) is 3.37. The van der Waals surface area contributed by atoms with E-state index < -0.39 is 0 Å². The van der Waals surface area contributed by atoms with Gasteiger partial charge in [-0.3, -0.25) is 0 Å². The molecule has 3 nitrogen and oxygen atoms in total. The average Bonchev–Trinajstić information content (AvgIpc) is 2.68. The maximum absolute atomic E-state index is 8.50. The Labute approximate surface area is 91.9 Å². The van der Waals surface area contributed by atoms with Crippen LogP contribution in [0.15, 0.2) is 34.9 Å². The quantitative estimate of drug-likeness (QED) is 0.779. The molecule has 0 amide bonds. The molecule has 0 radical (unpaired) electrons. The molecule has 2 rings (SSSR count). The van der Waals surface area contributed by atoms with E-state index in [1.807, 2.05) is 24.3 Å². The average molecular weight is 219 g/mol. The minimum Gasteiger partial charge on any atom is -0.444 e. The summed E-state index contributed by atoms with van der Waals surface area (Å²) in [6.07, 6.45) is 1.72. The summed E-state index contributed by atoms with van der Waals surface area (Å²) in [6.45, 7) is 0. The maximum atomic E-state index is 8.50. The van der Waals surface area contributed by atoms with Crippen LogP contribution in [0.1, 0.15) is 5.69 Å². The molecule has 1 heterocycles. The van der Waals surface area contributed by atoms with E-state index in [0.717, 1.165) is 5.56 Å². The zero-order chi connectivity index (χ0) is 10.7. The standard InChI is InChI=1S/C11H7ClN2O/c12-10-4-2-1-3-9(10)11-14-8(5-6-13)7-15-11/h1-4,7H,5H2. The molecular weight excluding hydrogens is 212 g/mol. The van der Waals surface area contributed by atoms with Crippen LogP contribution in [-0.2, 0) is 6.42 Å². The Bertz CT molecular complexity index is 513. The largest absolute Gasteiger partial charge is 0.444 e. The van der Waals surface area contributed by atoms with Crippen molar-refractivity contribution in [2.75, 3.05) is 0 Å². The smallest absolute Gasteiger partial charge is 0.227 e. The fraction of sp³-hybridized carbons (Fsp3) is 0.0909. The van der Waals surface area contributed by atoms with E-state index in [-0.39, 0.29) is 6.42 Å². The topological polar surface area (TPSA) is 49.8 Å². The Balaban J connectivity index is 2.38. The zero-order valence-electron chi connectivity index (χ0n) is 7.77. The van der Waals surface area contributed by atoms with Gasteiger partial charge in [-0.2, -0.15) is 5.26 Å². The molecule has 4 heteroatoms. The first kappa shape index (κ1) is 9.75. The first-order valence-electron chi connectivity index (χ1n) is 4.37. The van der Waals surface area contributed by atoms with E-state index >= 15 is 0 Å². The molecule has 0 bridgehead atoms. The Morgan fingerprint density at radius 1 is 1.40 bits per heavy atom. The molecule has 0 atom stereocenters. The number of benzene rings is 1. The van der Waals surface area contributed by atoms with Gasteiger partial charge < -0.3 is 4.42 Å². The first-order valence-corrected chi connectivity index (χ1v) is 4.75. The van der Waals surface area contributed by atoms with Crippen molar-refractivity contribution in [3.05, 3.63) is 41.2 Å². The number of hydrogen-bond donors (Lipinski definition) is 0. The molecule has 0 spiro atoms. The molecule has 0 N–H and O–H groups in total. The Hall–Kier alpha value is -1.79. The number of nitriles is 1. The van der Waals surface area contributed by atoms with Gasteiger partial charge in [0, 0.05) is 0 Å². The van der Waals surface area contributed by atoms with Crippen molar-refractivity contribution in [1.82, 2.24) is 4.98 Å². The van der Waals surface area contributed by atoms with Gasteiger partial charge in [-0.05, 0) is 12.1 Å². The van der Waals surface area contributed by atoms with Gasteiger partial charge in [-0.1, -0.05) is 23.7 Å². The van der Waals surface area contributed by atoms with Crippen molar-refractivity contribution < 1.29 is 4.42 Å². The summed E-state index contributed by atoms with van der Waals surface area (Å²) in [5.41, 5.74) is 1.36. The number of oxazole rings is 1. The molecule has 74 valence electrons. The highest BCUT2D eigenvalue weighted by Gasteiger charge is 2.09. The van der Waals surface area contributed by atoms with E-state index in [2.05, 4.69) is 4.98 Å². The fourth-order valence-electron chi connectivity index (χ4n) is 1.23. The van der Waals surface area contributed by atoms with Crippen molar-refractivity contribution in [2.45, 2.75) is 6.42 Å². The van der Waals surface area contributed by atoms with Gasteiger partial charge in [0.05, 0.1) is 28.8 Å². The molecule has 0 aliphatic carbocycles. The van der Waals surface area contributed by atoms with E-state index in [1.54, 1.807) is 6.07 Å². The molecule has 0 aliphatic heterocycles. The lowest BCUT2D eigenvalue weighted by molar-refractivity contribution is 0.573. The third-order valence-corrected chi connectivity index (χ3v) is 2.25. The van der Waals surface area contributed by atoms with Gasteiger partial charge in [0.2, 0.25) is 5.89 Å². The number of nitrogens with zero attached hydrogens (tertiary/aromatic N) is 2. The van der Waals surface area contributed by atoms with Crippen LogP contribution in [0.4, 0.5) is 0 Å². The second kappa shape index (κ2) is 4.16. The van der Waals surface area contributed by atoms with Crippen LogP contribution < -0.4 is 0 Å². The highest BCUT2D eigenvalue weighted by atomic mass is 35.5. The SMILES string of the molecule is N#CCc1coc(-c2ccccc2Cl)n1. The van der Waals surface area contributed by atoms with Crippen LogP contribution in [0.3, 0.4) is 0 Å². The molecule has 15 heavy (non-hydrogen) atoms. The highest BCUT2D eigenvalue weighted by Crippen LogP contribution is 2.26. The van der Waals surface area contributed by atoms with Crippen molar-refractivity contribution in [1.29, 1.82) is 5.26 Å². The van der Waals surface area contributed by atoms with Gasteiger partial charge in [0.25, 0.3) is 0 Å². The number of hydrogen-bond acceptors (Lipinski definition) is 3. The molecule has 0 saturated carbocycles. The molecule has 1 aromatic heterocycles. The summed E-state index contributed by atoms with van der Waals surface area (Å²) < 4.78 is 5.24. The van der Waals surface area contributed by atoms with Crippen LogP contribution in [-0.4, -0.2) is 4.98 Å². The summed E-state index contributed by atoms with van der Waals surface area (Å²) in [4.78, 5) is 4.16. The summed E-state index contributed by atoms with van der Waals surface area (Å²) in [5, 5.41) is 9.08. The molecule has 0 aliphatic rings. The summed E-state index contributed by atoms with van der Waals surface area (Å²) in [6, 6.07) is 9.30. The number of rotatable bonds is 2. The van der Waals surface area contributed by atoms with E-state index in [1.165, 1.54) is 6.26 Å². The van der Waals surface area contributed by atoms with Crippen molar-refractivity contribution in [3.8, 4) is 17.5 Å². The highest BCUT2D eigenvalue weighted by molar-refractivity contribution is 6.33. The predicted molar refractivity (Wildman–Crippen MR) is 56.3 cm³/mol. The van der Waals surface area contributed by atoms with Crippen molar-refractivity contribution in [2.24, 2.45) is 0 Å². The molecular formula is C11H7ClN2O. The van der Waals surface area contributed by atoms with Crippen LogP contribution in [0.2, 0.25) is 5.02 Å². The third kappa shape index (κ3) is 2.00. The molecule has 2 aromatic rings. The lowest BCUT2D eigenvalue weighted by atomic mass is 10.2. The van der Waals surface area contributed by atoms with Crippen LogP contribution in [0.25, 0.3) is 11.5 Å². The molecule has 1 aromatic carbocycles. The number of aromatic nitrogens is 1. The summed E-state index contributed by atoms with van der Waals surface area (Å²) >= 11 is 5.98. The van der Waals surface area contributed by atoms with E-state index in [0.29, 0.717) is 16.6 Å². The Morgan fingerprint density at radius 3 is 2.93 bits per heavy atom. The van der Waals surface area contributed by atoms with Crippen molar-refractivity contribution >= 4 is 11.6 Å². The monoisotopic (exact) mass is 218 g/mol. The normalized spacial score (nSPS) is 9.87. The van der Waals surface area contributed by atoms with Crippen LogP contribution >= 0.6 is 11.6 Å². The first-order chi connectivity index (χ1) is 7.31. The van der Waals surface area contributed by atoms with Gasteiger partial charge in [0.15, 0.2) is 0 Å². The van der Waals surface area contributed by atoms with Crippen molar-refractivity contribution in [3.63, 3.8) is 0 Å². The second-order valence-electron chi connectivity index (χ2n) is 2.96. The minimum absolute atomic E-state index is 0.244. The predicted octanol–water partition coefficient (Wildman–Crippen LogP) is 3.06. The van der Waals surface area contributed by atoms with Gasteiger partial charge >= 0.3 is 0 Å². The van der Waals surface area contributed by atoms with E-state index in [9.17, 15) is 0 Å². The fourth-order valence-corrected chi connectivity index (χ4v) is 1.44. The number of halogens is 1. The molecule has 0 unspecified atom stereocenters. The lowest BCUT2D eigenvalue weighted by Gasteiger charge is -1.96. The maximum Gasteiger partial charge on any atom is 0.227 e. The Morgan fingerprint density at radius 2 is 2.20 bits per heavy atom. The molecule has 0 fully saturated rings. The summed E-state index contributed by atoms with van der Waals surface area (Å²) in [7, 11) is 0. The minimum atomic E-state index is 0.244. The molecule has 0 saturated heterocycles. The zero-order valence-corrected chi connectivity index (χ0v) is 8.53. The van der Waals surface area contributed by atoms with E-state index in [4.69, 9.17) is 21.3 Å². The lowest BCUT2D eigenvalue weighted by Crippen LogP contribution is -1.82. The summed E-state index contributed by atoms with van der Waals surface area (Å²) in [5.74, 6) is 0.450. The van der Waals surface area contributed by atoms with Gasteiger partial charge in [0.1, 0.15) is 6.26 Å². The Kier molecular flexibility index (Phi) is 2.70. The third-order valence-electron chi connectivity index (χ3n) is 1.92. The van der Waals surface area contributed by atoms with Crippen LogP contribution in [0, 0.1) is 11.3 Å². The van der Waals surface area contributed by atoms with Gasteiger partial charge in [-0.15, -0.1) is 0 Å². The van der Waals surface area contributed by atoms with Gasteiger partial charge in [-0.25, -0.2) is 4.98 Å².